The number of rotatable bonds is 4. The summed E-state index contributed by atoms with van der Waals surface area (Å²) >= 11 is 3.16. The Morgan fingerprint density at radius 1 is 1.13 bits per heavy atom. The minimum atomic E-state index is -4.62. The molecule has 2 aromatic rings. The van der Waals surface area contributed by atoms with Gasteiger partial charge in [0, 0.05) is 15.6 Å². The Morgan fingerprint density at radius 3 is 2.35 bits per heavy atom. The molecule has 0 bridgehead atoms. The second kappa shape index (κ2) is 8.78. The summed E-state index contributed by atoms with van der Waals surface area (Å²) in [4.78, 5) is 13.7. The third-order valence-corrected chi connectivity index (χ3v) is 5.23. The molecule has 0 spiro atoms. The number of ether oxygens (including phenoxy) is 1. The van der Waals surface area contributed by atoms with Crippen LogP contribution in [0, 0.1) is 5.82 Å². The molecule has 1 N–H and O–H groups in total. The van der Waals surface area contributed by atoms with Crippen LogP contribution >= 0.6 is 15.9 Å². The summed E-state index contributed by atoms with van der Waals surface area (Å²) in [7, 11) is 0. The van der Waals surface area contributed by atoms with Crippen molar-refractivity contribution >= 4 is 22.0 Å². The van der Waals surface area contributed by atoms with Gasteiger partial charge in [0.2, 0.25) is 0 Å². The summed E-state index contributed by atoms with van der Waals surface area (Å²) in [5.74, 6) is -0.682. The summed E-state index contributed by atoms with van der Waals surface area (Å²) in [5, 5.41) is 2.82. The van der Waals surface area contributed by atoms with Crippen LogP contribution in [-0.4, -0.2) is 35.7 Å². The Labute approximate surface area is 186 Å². The Morgan fingerprint density at radius 2 is 1.77 bits per heavy atom. The number of nitrogens with zero attached hydrogens (tertiary/aromatic N) is 1. The highest BCUT2D eigenvalue weighted by Crippen LogP contribution is 2.40. The normalized spacial score (nSPS) is 16.1. The van der Waals surface area contributed by atoms with Crippen molar-refractivity contribution in [2.45, 2.75) is 44.7 Å². The predicted molar refractivity (Wildman–Crippen MR) is 112 cm³/mol. The first-order valence-electron chi connectivity index (χ1n) is 9.69. The van der Waals surface area contributed by atoms with Crippen LogP contribution in [-0.2, 0) is 10.9 Å². The zero-order chi connectivity index (χ0) is 23.0. The lowest BCUT2D eigenvalue weighted by Crippen LogP contribution is -2.60. The van der Waals surface area contributed by atoms with Crippen molar-refractivity contribution in [2.24, 2.45) is 0 Å². The van der Waals surface area contributed by atoms with Gasteiger partial charge >= 0.3 is 12.2 Å². The molecule has 3 rings (SSSR count). The van der Waals surface area contributed by atoms with Crippen LogP contribution in [0.2, 0.25) is 0 Å². The van der Waals surface area contributed by atoms with Crippen LogP contribution in [0.25, 0.3) is 0 Å². The molecule has 9 heteroatoms. The maximum atomic E-state index is 14.7. The van der Waals surface area contributed by atoms with Crippen LogP contribution in [0.15, 0.2) is 46.9 Å². The van der Waals surface area contributed by atoms with Crippen molar-refractivity contribution in [3.63, 3.8) is 0 Å². The number of halogens is 5. The van der Waals surface area contributed by atoms with Gasteiger partial charge in [-0.05, 0) is 44.5 Å². The van der Waals surface area contributed by atoms with E-state index in [0.29, 0.717) is 4.47 Å². The van der Waals surface area contributed by atoms with Crippen LogP contribution in [0.1, 0.15) is 43.6 Å². The fourth-order valence-corrected chi connectivity index (χ4v) is 3.63. The van der Waals surface area contributed by atoms with E-state index in [1.165, 1.54) is 35.2 Å². The highest BCUT2D eigenvalue weighted by Gasteiger charge is 2.39. The molecule has 31 heavy (non-hydrogen) atoms. The third kappa shape index (κ3) is 5.77. The van der Waals surface area contributed by atoms with Gasteiger partial charge in [0.1, 0.15) is 11.9 Å². The number of hydrogen-bond donors (Lipinski definition) is 1. The molecule has 1 atom stereocenters. The number of likely N-dealkylation sites (tertiary alicyclic amines) is 1. The molecule has 0 radical (unpaired) electrons. The molecule has 2 aromatic carbocycles. The standard InChI is InChI=1S/C22H23BrF4N2O2/c1-21(2,3)28-20(30)29-11-14(12-29)31-19(16-9-8-13(23)10-18(16)24)15-6-4-5-7-17(15)22(25,26)27/h4-10,14,19H,11-12H2,1-3H3,(H,28,30). The smallest absolute Gasteiger partial charge is 0.362 e. The molecule has 4 nitrogen and oxygen atoms in total. The molecular formula is C22H23BrF4N2O2. The van der Waals surface area contributed by atoms with E-state index in [1.807, 2.05) is 20.8 Å². The van der Waals surface area contributed by atoms with Crippen molar-refractivity contribution in [2.75, 3.05) is 13.1 Å². The van der Waals surface area contributed by atoms with Gasteiger partial charge in [-0.25, -0.2) is 9.18 Å². The molecule has 1 heterocycles. The highest BCUT2D eigenvalue weighted by atomic mass is 79.9. The predicted octanol–water partition coefficient (Wildman–Crippen LogP) is 5.91. The molecule has 0 saturated carbocycles. The minimum Gasteiger partial charge on any atom is -0.362 e. The Bertz CT molecular complexity index is 953. The second-order valence-corrected chi connectivity index (χ2v) is 9.39. The summed E-state index contributed by atoms with van der Waals surface area (Å²) in [5.41, 5.74) is -1.48. The zero-order valence-corrected chi connectivity index (χ0v) is 18.8. The van der Waals surface area contributed by atoms with E-state index in [2.05, 4.69) is 21.2 Å². The van der Waals surface area contributed by atoms with Crippen molar-refractivity contribution in [1.82, 2.24) is 10.2 Å². The maximum Gasteiger partial charge on any atom is 0.416 e. The second-order valence-electron chi connectivity index (χ2n) is 8.47. The van der Waals surface area contributed by atoms with E-state index in [-0.39, 0.29) is 30.2 Å². The van der Waals surface area contributed by atoms with Gasteiger partial charge < -0.3 is 15.0 Å². The fourth-order valence-electron chi connectivity index (χ4n) is 3.29. The number of nitrogens with one attached hydrogen (secondary N) is 1. The van der Waals surface area contributed by atoms with Crippen molar-refractivity contribution < 1.29 is 27.1 Å². The Balaban J connectivity index is 1.87. The van der Waals surface area contributed by atoms with Gasteiger partial charge in [0.05, 0.1) is 24.8 Å². The first-order valence-corrected chi connectivity index (χ1v) is 10.5. The summed E-state index contributed by atoms with van der Waals surface area (Å²) in [6.07, 6.45) is -6.42. The quantitative estimate of drug-likeness (QED) is 0.528. The lowest BCUT2D eigenvalue weighted by atomic mass is 9.95. The Hall–Kier alpha value is -2.13. The lowest BCUT2D eigenvalue weighted by molar-refractivity contribution is -0.140. The van der Waals surface area contributed by atoms with E-state index < -0.39 is 35.3 Å². The topological polar surface area (TPSA) is 41.6 Å². The minimum absolute atomic E-state index is 0.00232. The number of amides is 2. The van der Waals surface area contributed by atoms with Gasteiger partial charge in [-0.15, -0.1) is 0 Å². The number of urea groups is 1. The third-order valence-electron chi connectivity index (χ3n) is 4.74. The van der Waals surface area contributed by atoms with Crippen molar-refractivity contribution in [3.8, 4) is 0 Å². The highest BCUT2D eigenvalue weighted by molar-refractivity contribution is 9.10. The monoisotopic (exact) mass is 502 g/mol. The van der Waals surface area contributed by atoms with Crippen LogP contribution < -0.4 is 5.32 Å². The van der Waals surface area contributed by atoms with Gasteiger partial charge in [0.15, 0.2) is 0 Å². The first kappa shape index (κ1) is 23.5. The maximum absolute atomic E-state index is 14.7. The van der Waals surface area contributed by atoms with E-state index in [0.717, 1.165) is 6.07 Å². The lowest BCUT2D eigenvalue weighted by Gasteiger charge is -2.42. The zero-order valence-electron chi connectivity index (χ0n) is 17.3. The summed E-state index contributed by atoms with van der Waals surface area (Å²) in [6.45, 7) is 5.94. The van der Waals surface area contributed by atoms with Crippen LogP contribution in [0.5, 0.6) is 0 Å². The number of benzene rings is 2. The molecule has 1 aliphatic rings. The average molecular weight is 503 g/mol. The first-order chi connectivity index (χ1) is 14.3. The molecule has 0 aliphatic carbocycles. The van der Waals surface area contributed by atoms with Gasteiger partial charge in [-0.3, -0.25) is 0 Å². The molecule has 1 aliphatic heterocycles. The van der Waals surface area contributed by atoms with Crippen molar-refractivity contribution in [1.29, 1.82) is 0 Å². The molecule has 0 aromatic heterocycles. The van der Waals surface area contributed by atoms with Crippen LogP contribution in [0.3, 0.4) is 0 Å². The molecule has 1 saturated heterocycles. The van der Waals surface area contributed by atoms with Crippen molar-refractivity contribution in [3.05, 3.63) is 69.4 Å². The van der Waals surface area contributed by atoms with E-state index >= 15 is 0 Å². The SMILES string of the molecule is CC(C)(C)NC(=O)N1CC(OC(c2ccc(Br)cc2F)c2ccccc2C(F)(F)F)C1. The van der Waals surface area contributed by atoms with E-state index in [9.17, 15) is 22.4 Å². The van der Waals surface area contributed by atoms with Crippen LogP contribution in [0.4, 0.5) is 22.4 Å². The fraction of sp³-hybridized carbons (Fsp3) is 0.409. The molecule has 1 unspecified atom stereocenters. The summed E-state index contributed by atoms with van der Waals surface area (Å²) in [6, 6.07) is 8.84. The summed E-state index contributed by atoms with van der Waals surface area (Å²) < 4.78 is 62.0. The number of hydrogen-bond acceptors (Lipinski definition) is 2. The largest absolute Gasteiger partial charge is 0.416 e. The van der Waals surface area contributed by atoms with E-state index in [1.54, 1.807) is 6.07 Å². The molecule has 2 amide bonds. The van der Waals surface area contributed by atoms with Gasteiger partial charge in [0.25, 0.3) is 0 Å². The molecule has 1 fully saturated rings. The average Bonchev–Trinajstić information content (AvgIpc) is 2.59. The number of carbonyl (C=O) groups is 1. The van der Waals surface area contributed by atoms with E-state index in [4.69, 9.17) is 4.74 Å². The number of alkyl halides is 3. The number of carbonyl (C=O) groups excluding carboxylic acids is 1. The Kier molecular flexibility index (Phi) is 6.67. The molecule has 168 valence electrons. The van der Waals surface area contributed by atoms with Gasteiger partial charge in [-0.2, -0.15) is 13.2 Å². The molecular weight excluding hydrogens is 480 g/mol. The van der Waals surface area contributed by atoms with Gasteiger partial charge in [-0.1, -0.05) is 40.2 Å².